The summed E-state index contributed by atoms with van der Waals surface area (Å²) in [6, 6.07) is 15.1. The fraction of sp³-hybridized carbons (Fsp3) is 0.227. The highest BCUT2D eigenvalue weighted by Crippen LogP contribution is 2.39. The number of nitrogens with zero attached hydrogens (tertiary/aromatic N) is 2. The first kappa shape index (κ1) is 22.9. The van der Waals surface area contributed by atoms with E-state index in [1.54, 1.807) is 42.5 Å². The van der Waals surface area contributed by atoms with E-state index in [0.29, 0.717) is 31.9 Å². The van der Waals surface area contributed by atoms with Crippen LogP contribution in [0, 0.1) is 11.3 Å². The van der Waals surface area contributed by atoms with E-state index in [9.17, 15) is 8.42 Å². The number of sulfonamides is 1. The Morgan fingerprint density at radius 2 is 1.91 bits per heavy atom. The van der Waals surface area contributed by atoms with Crippen LogP contribution in [0.1, 0.15) is 12.0 Å². The van der Waals surface area contributed by atoms with Gasteiger partial charge < -0.3 is 9.64 Å². The maximum absolute atomic E-state index is 13.0. The van der Waals surface area contributed by atoms with Crippen LogP contribution in [0.4, 0.5) is 5.69 Å². The summed E-state index contributed by atoms with van der Waals surface area (Å²) in [6.07, 6.45) is 0.893. The molecule has 2 heterocycles. The molecule has 10 heteroatoms. The second kappa shape index (κ2) is 9.30. The molecule has 2 aromatic carbocycles. The molecule has 0 bridgehead atoms. The molecule has 0 saturated carbocycles. The van der Waals surface area contributed by atoms with Crippen LogP contribution >= 0.6 is 34.5 Å². The van der Waals surface area contributed by atoms with Gasteiger partial charge in [0.05, 0.1) is 32.2 Å². The molecular weight excluding hydrogens is 489 g/mol. The molecule has 0 unspecified atom stereocenters. The molecule has 0 aliphatic carbocycles. The number of nitriles is 1. The summed E-state index contributed by atoms with van der Waals surface area (Å²) in [5, 5.41) is 9.70. The van der Waals surface area contributed by atoms with Crippen molar-refractivity contribution in [3.05, 3.63) is 64.1 Å². The van der Waals surface area contributed by atoms with Crippen molar-refractivity contribution in [2.75, 3.05) is 24.9 Å². The van der Waals surface area contributed by atoms with Gasteiger partial charge in [0.15, 0.2) is 0 Å². The second-order valence-electron chi connectivity index (χ2n) is 7.47. The van der Waals surface area contributed by atoms with Crippen LogP contribution in [-0.4, -0.2) is 39.6 Å². The van der Waals surface area contributed by atoms with Gasteiger partial charge in [-0.1, -0.05) is 35.3 Å². The van der Waals surface area contributed by atoms with E-state index in [2.05, 4.69) is 15.7 Å². The molecule has 1 fully saturated rings. The zero-order valence-corrected chi connectivity index (χ0v) is 20.2. The summed E-state index contributed by atoms with van der Waals surface area (Å²) in [6.45, 7) is 1.73. The number of benzene rings is 2. The standard InChI is InChI=1S/C22H19Cl2N3O3S2/c1-27-9-8-17(13-27)30-20-10-16(6-7-18(20)23)26-32(28,29)21-11-19(24)22(31-21)15-4-2-14(12-25)3-5-15/h2-7,10-11,17,26H,8-9,13H2,1H3/t17-/m1/s1. The first-order valence-electron chi connectivity index (χ1n) is 9.72. The maximum atomic E-state index is 13.0. The van der Waals surface area contributed by atoms with Gasteiger partial charge in [0.1, 0.15) is 16.1 Å². The molecule has 1 aromatic heterocycles. The number of anilines is 1. The highest BCUT2D eigenvalue weighted by atomic mass is 35.5. The Morgan fingerprint density at radius 3 is 2.56 bits per heavy atom. The average molecular weight is 508 g/mol. The lowest BCUT2D eigenvalue weighted by atomic mass is 10.1. The lowest BCUT2D eigenvalue weighted by molar-refractivity contribution is 0.208. The van der Waals surface area contributed by atoms with Crippen LogP contribution in [0.5, 0.6) is 5.75 Å². The van der Waals surface area contributed by atoms with Gasteiger partial charge in [-0.2, -0.15) is 5.26 Å². The van der Waals surface area contributed by atoms with Crippen LogP contribution < -0.4 is 9.46 Å². The van der Waals surface area contributed by atoms with E-state index in [-0.39, 0.29) is 10.3 Å². The van der Waals surface area contributed by atoms with Crippen LogP contribution in [0.3, 0.4) is 0 Å². The minimum Gasteiger partial charge on any atom is -0.487 e. The van der Waals surface area contributed by atoms with Gasteiger partial charge in [-0.15, -0.1) is 11.3 Å². The first-order valence-corrected chi connectivity index (χ1v) is 12.8. The SMILES string of the molecule is CN1CC[C@@H](Oc2cc(NS(=O)(=O)c3cc(Cl)c(-c4ccc(C#N)cc4)s3)ccc2Cl)C1. The number of ether oxygens (including phenoxy) is 1. The number of rotatable bonds is 6. The van der Waals surface area contributed by atoms with E-state index < -0.39 is 10.0 Å². The summed E-state index contributed by atoms with van der Waals surface area (Å²) >= 11 is 13.6. The molecule has 0 spiro atoms. The molecule has 0 amide bonds. The Labute approximate surface area is 201 Å². The largest absolute Gasteiger partial charge is 0.487 e. The predicted molar refractivity (Wildman–Crippen MR) is 128 cm³/mol. The normalized spacial score (nSPS) is 16.6. The lowest BCUT2D eigenvalue weighted by Gasteiger charge is -2.16. The maximum Gasteiger partial charge on any atom is 0.271 e. The number of likely N-dealkylation sites (N-methyl/N-ethyl adjacent to an activating group) is 1. The van der Waals surface area contributed by atoms with Crippen LogP contribution in [-0.2, 0) is 10.0 Å². The number of likely N-dealkylation sites (tertiary alicyclic amines) is 1. The third-order valence-electron chi connectivity index (χ3n) is 5.03. The third kappa shape index (κ3) is 5.03. The molecule has 4 rings (SSSR count). The Kier molecular flexibility index (Phi) is 6.65. The number of hydrogen-bond acceptors (Lipinski definition) is 6. The number of halogens is 2. The Bertz CT molecular complexity index is 1280. The molecule has 1 aliphatic heterocycles. The van der Waals surface area contributed by atoms with Crippen molar-refractivity contribution >= 4 is 50.2 Å². The monoisotopic (exact) mass is 507 g/mol. The molecule has 1 atom stereocenters. The van der Waals surface area contributed by atoms with E-state index in [1.165, 1.54) is 6.07 Å². The zero-order valence-electron chi connectivity index (χ0n) is 17.0. The fourth-order valence-corrected chi connectivity index (χ4v) is 6.44. The molecule has 1 N–H and O–H groups in total. The van der Waals surface area contributed by atoms with Gasteiger partial charge >= 0.3 is 0 Å². The molecule has 0 radical (unpaired) electrons. The van der Waals surface area contributed by atoms with Crippen molar-refractivity contribution < 1.29 is 13.2 Å². The van der Waals surface area contributed by atoms with Crippen molar-refractivity contribution in [3.63, 3.8) is 0 Å². The molecule has 1 aliphatic rings. The number of nitrogens with one attached hydrogen (secondary N) is 1. The Hall–Kier alpha value is -2.28. The second-order valence-corrected chi connectivity index (χ2v) is 11.2. The van der Waals surface area contributed by atoms with Crippen LogP contribution in [0.2, 0.25) is 10.0 Å². The highest BCUT2D eigenvalue weighted by Gasteiger charge is 2.24. The smallest absolute Gasteiger partial charge is 0.271 e. The zero-order chi connectivity index (χ0) is 22.9. The van der Waals surface area contributed by atoms with E-state index in [0.717, 1.165) is 36.4 Å². The average Bonchev–Trinajstić information content (AvgIpc) is 3.36. The van der Waals surface area contributed by atoms with Crippen molar-refractivity contribution in [2.45, 2.75) is 16.7 Å². The van der Waals surface area contributed by atoms with Gasteiger partial charge in [-0.3, -0.25) is 4.72 Å². The molecule has 3 aromatic rings. The predicted octanol–water partition coefficient (Wildman–Crippen LogP) is 5.48. The van der Waals surface area contributed by atoms with E-state index in [1.807, 2.05) is 7.05 Å². The fourth-order valence-electron chi connectivity index (χ4n) is 3.41. The van der Waals surface area contributed by atoms with E-state index >= 15 is 0 Å². The summed E-state index contributed by atoms with van der Waals surface area (Å²) < 4.78 is 34.6. The van der Waals surface area contributed by atoms with Gasteiger partial charge in [0.2, 0.25) is 0 Å². The molecule has 6 nitrogen and oxygen atoms in total. The van der Waals surface area contributed by atoms with Gasteiger partial charge in [0, 0.05) is 19.2 Å². The lowest BCUT2D eigenvalue weighted by Crippen LogP contribution is -2.21. The minimum absolute atomic E-state index is 0.00967. The highest BCUT2D eigenvalue weighted by molar-refractivity contribution is 7.94. The summed E-state index contributed by atoms with van der Waals surface area (Å²) in [5.74, 6) is 0.439. The summed E-state index contributed by atoms with van der Waals surface area (Å²) in [7, 11) is -1.85. The van der Waals surface area contributed by atoms with Crippen molar-refractivity contribution in [3.8, 4) is 22.3 Å². The summed E-state index contributed by atoms with van der Waals surface area (Å²) in [4.78, 5) is 2.78. The first-order chi connectivity index (χ1) is 15.2. The Morgan fingerprint density at radius 1 is 1.16 bits per heavy atom. The quantitative estimate of drug-likeness (QED) is 0.477. The van der Waals surface area contributed by atoms with Crippen molar-refractivity contribution in [2.24, 2.45) is 0 Å². The topological polar surface area (TPSA) is 82.4 Å². The van der Waals surface area contributed by atoms with E-state index in [4.69, 9.17) is 33.2 Å². The molecule has 32 heavy (non-hydrogen) atoms. The molecule has 1 saturated heterocycles. The third-order valence-corrected chi connectivity index (χ3v) is 8.79. The molecule has 166 valence electrons. The number of thiophene rings is 1. The Balaban J connectivity index is 1.55. The number of hydrogen-bond donors (Lipinski definition) is 1. The molecular formula is C22H19Cl2N3O3S2. The van der Waals surface area contributed by atoms with Crippen molar-refractivity contribution in [1.82, 2.24) is 4.90 Å². The summed E-state index contributed by atoms with van der Waals surface area (Å²) in [5.41, 5.74) is 1.60. The van der Waals surface area contributed by atoms with Crippen LogP contribution in [0.15, 0.2) is 52.7 Å². The van der Waals surface area contributed by atoms with Crippen molar-refractivity contribution in [1.29, 1.82) is 5.26 Å². The van der Waals surface area contributed by atoms with Gasteiger partial charge in [-0.25, -0.2) is 8.42 Å². The van der Waals surface area contributed by atoms with Gasteiger partial charge in [0.25, 0.3) is 10.0 Å². The minimum atomic E-state index is -3.88. The van der Waals surface area contributed by atoms with Crippen LogP contribution in [0.25, 0.3) is 10.4 Å². The van der Waals surface area contributed by atoms with Gasteiger partial charge in [-0.05, 0) is 49.4 Å².